The molecule has 2 unspecified atom stereocenters. The molecule has 0 heterocycles. The summed E-state index contributed by atoms with van der Waals surface area (Å²) in [5, 5.41) is 0. The molecule has 0 aromatic heterocycles. The smallest absolute Gasteiger partial charge is 0.347 e. The van der Waals surface area contributed by atoms with Gasteiger partial charge >= 0.3 is 23.9 Å². The molecule has 0 aliphatic rings. The van der Waals surface area contributed by atoms with Gasteiger partial charge in [-0.1, -0.05) is 30.3 Å². The minimum absolute atomic E-state index is 0.210. The van der Waals surface area contributed by atoms with Crippen molar-refractivity contribution in [2.75, 3.05) is 13.2 Å². The van der Waals surface area contributed by atoms with E-state index in [4.69, 9.17) is 23.7 Å². The Labute approximate surface area is 175 Å². The molecule has 0 amide bonds. The third kappa shape index (κ3) is 10.6. The van der Waals surface area contributed by atoms with Gasteiger partial charge in [0.15, 0.2) is 25.4 Å². The highest BCUT2D eigenvalue weighted by Gasteiger charge is 2.24. The molecule has 0 aliphatic carbocycles. The molecule has 1 rings (SSSR count). The van der Waals surface area contributed by atoms with E-state index < -0.39 is 54.9 Å². The Hall–Kier alpha value is -2.94. The van der Waals surface area contributed by atoms with Crippen molar-refractivity contribution in [2.45, 2.75) is 59.0 Å². The van der Waals surface area contributed by atoms with Crippen LogP contribution in [0, 0.1) is 0 Å². The van der Waals surface area contributed by atoms with E-state index in [-0.39, 0.29) is 6.61 Å². The average molecular weight is 424 g/mol. The maximum absolute atomic E-state index is 11.9. The summed E-state index contributed by atoms with van der Waals surface area (Å²) in [5.41, 5.74) is 0.170. The number of carbonyl (C=O) groups is 4. The molecule has 30 heavy (non-hydrogen) atoms. The zero-order valence-corrected chi connectivity index (χ0v) is 17.8. The summed E-state index contributed by atoms with van der Waals surface area (Å²) in [5.74, 6) is -3.35. The molecule has 0 aliphatic heterocycles. The van der Waals surface area contributed by atoms with Crippen molar-refractivity contribution < 1.29 is 42.9 Å². The predicted octanol–water partition coefficient (Wildman–Crippen LogP) is 1.95. The Kier molecular flexibility index (Phi) is 9.97. The van der Waals surface area contributed by atoms with Gasteiger partial charge < -0.3 is 23.7 Å². The van der Waals surface area contributed by atoms with Crippen LogP contribution in [0.4, 0.5) is 0 Å². The monoisotopic (exact) mass is 424 g/mol. The van der Waals surface area contributed by atoms with Gasteiger partial charge in [0.1, 0.15) is 5.60 Å². The second-order valence-electron chi connectivity index (χ2n) is 7.37. The van der Waals surface area contributed by atoms with Gasteiger partial charge in [-0.15, -0.1) is 0 Å². The highest BCUT2D eigenvalue weighted by Crippen LogP contribution is 2.07. The number of ether oxygens (including phenoxy) is 5. The van der Waals surface area contributed by atoms with Gasteiger partial charge in [0.25, 0.3) is 0 Å². The number of carbonyl (C=O) groups excluding carboxylic acids is 4. The zero-order valence-electron chi connectivity index (χ0n) is 17.8. The maximum Gasteiger partial charge on any atom is 0.347 e. The largest absolute Gasteiger partial charge is 0.457 e. The summed E-state index contributed by atoms with van der Waals surface area (Å²) in [7, 11) is 0. The van der Waals surface area contributed by atoms with Crippen LogP contribution in [0.3, 0.4) is 0 Å². The molecule has 2 atom stereocenters. The average Bonchev–Trinajstić information content (AvgIpc) is 2.67. The number of esters is 4. The van der Waals surface area contributed by atoms with E-state index in [2.05, 4.69) is 0 Å². The van der Waals surface area contributed by atoms with E-state index >= 15 is 0 Å². The van der Waals surface area contributed by atoms with Crippen molar-refractivity contribution >= 4 is 23.9 Å². The molecule has 9 heteroatoms. The normalized spacial score (nSPS) is 13.0. The maximum atomic E-state index is 11.9. The summed E-state index contributed by atoms with van der Waals surface area (Å²) in [6.45, 7) is 6.69. The molecular formula is C21H28O9. The molecule has 1 aromatic carbocycles. The Morgan fingerprint density at radius 2 is 1.37 bits per heavy atom. The summed E-state index contributed by atoms with van der Waals surface area (Å²) < 4.78 is 24.8. The summed E-state index contributed by atoms with van der Waals surface area (Å²) in [4.78, 5) is 46.9. The second-order valence-corrected chi connectivity index (χ2v) is 7.37. The van der Waals surface area contributed by atoms with Crippen LogP contribution in [0.25, 0.3) is 0 Å². The van der Waals surface area contributed by atoms with Crippen molar-refractivity contribution in [2.24, 2.45) is 0 Å². The van der Waals surface area contributed by atoms with Gasteiger partial charge in [0.2, 0.25) is 0 Å². The van der Waals surface area contributed by atoms with Crippen molar-refractivity contribution in [1.82, 2.24) is 0 Å². The second kappa shape index (κ2) is 11.9. The number of hydrogen-bond acceptors (Lipinski definition) is 9. The van der Waals surface area contributed by atoms with Crippen molar-refractivity contribution in [3.63, 3.8) is 0 Å². The number of benzene rings is 1. The van der Waals surface area contributed by atoms with E-state index in [9.17, 15) is 19.2 Å². The van der Waals surface area contributed by atoms with Crippen LogP contribution in [0.1, 0.15) is 40.2 Å². The molecule has 0 saturated carbocycles. The molecule has 166 valence electrons. The number of rotatable bonds is 10. The molecule has 0 N–H and O–H groups in total. The molecular weight excluding hydrogens is 396 g/mol. The van der Waals surface area contributed by atoms with Gasteiger partial charge in [0, 0.05) is 0 Å². The quantitative estimate of drug-likeness (QED) is 0.410. The molecule has 0 spiro atoms. The fourth-order valence-corrected chi connectivity index (χ4v) is 2.01. The van der Waals surface area contributed by atoms with E-state index in [0.29, 0.717) is 0 Å². The zero-order chi connectivity index (χ0) is 22.7. The summed E-state index contributed by atoms with van der Waals surface area (Å²) >= 11 is 0. The first-order chi connectivity index (χ1) is 14.0. The minimum atomic E-state index is -1.29. The van der Waals surface area contributed by atoms with Crippen LogP contribution in [0.5, 0.6) is 0 Å². The first kappa shape index (κ1) is 25.1. The molecule has 0 radical (unpaired) electrons. The van der Waals surface area contributed by atoms with Crippen molar-refractivity contribution in [3.8, 4) is 0 Å². The molecule has 9 nitrogen and oxygen atoms in total. The van der Waals surface area contributed by atoms with Gasteiger partial charge in [-0.25, -0.2) is 19.2 Å². The van der Waals surface area contributed by atoms with Crippen LogP contribution in [0.15, 0.2) is 30.3 Å². The van der Waals surface area contributed by atoms with Crippen LogP contribution >= 0.6 is 0 Å². The van der Waals surface area contributed by atoms with Gasteiger partial charge in [-0.2, -0.15) is 0 Å². The third-order valence-corrected chi connectivity index (χ3v) is 3.40. The lowest BCUT2D eigenvalue weighted by Crippen LogP contribution is -2.32. The highest BCUT2D eigenvalue weighted by atomic mass is 16.6. The van der Waals surface area contributed by atoms with Gasteiger partial charge in [-0.05, 0) is 40.2 Å². The van der Waals surface area contributed by atoms with E-state index in [1.165, 1.54) is 13.8 Å². The highest BCUT2D eigenvalue weighted by molar-refractivity contribution is 5.83. The first-order valence-corrected chi connectivity index (χ1v) is 9.38. The van der Waals surface area contributed by atoms with Crippen LogP contribution in [-0.2, 0) is 49.5 Å². The fourth-order valence-electron chi connectivity index (χ4n) is 2.01. The van der Waals surface area contributed by atoms with Gasteiger partial charge in [-0.3, -0.25) is 0 Å². The Morgan fingerprint density at radius 1 is 0.833 bits per heavy atom. The van der Waals surface area contributed by atoms with Crippen LogP contribution < -0.4 is 0 Å². The Bertz CT molecular complexity index is 722. The first-order valence-electron chi connectivity index (χ1n) is 9.38. The standard InChI is InChI=1S/C21H28O9/c1-14(26-11-16-9-7-6-8-10-16)19(24)27-12-17(22)29-15(2)20(25)28-13-18(23)30-21(3,4)5/h6-10,14-15H,11-13H2,1-5H3. The van der Waals surface area contributed by atoms with Crippen molar-refractivity contribution in [3.05, 3.63) is 35.9 Å². The fraction of sp³-hybridized carbons (Fsp3) is 0.524. The molecule has 1 aromatic rings. The molecule has 0 fully saturated rings. The lowest BCUT2D eigenvalue weighted by atomic mass is 10.2. The summed E-state index contributed by atoms with van der Waals surface area (Å²) in [6, 6.07) is 9.24. The summed E-state index contributed by atoms with van der Waals surface area (Å²) in [6.07, 6.45) is -2.18. The molecule has 0 saturated heterocycles. The Balaban J connectivity index is 2.29. The van der Waals surface area contributed by atoms with Gasteiger partial charge in [0.05, 0.1) is 6.61 Å². The Morgan fingerprint density at radius 3 is 1.93 bits per heavy atom. The van der Waals surface area contributed by atoms with E-state index in [1.54, 1.807) is 20.8 Å². The molecule has 0 bridgehead atoms. The van der Waals surface area contributed by atoms with E-state index in [1.807, 2.05) is 30.3 Å². The van der Waals surface area contributed by atoms with E-state index in [0.717, 1.165) is 5.56 Å². The number of hydrogen-bond donors (Lipinski definition) is 0. The van der Waals surface area contributed by atoms with Crippen LogP contribution in [0.2, 0.25) is 0 Å². The predicted molar refractivity (Wildman–Crippen MR) is 104 cm³/mol. The lowest BCUT2D eigenvalue weighted by Gasteiger charge is -2.19. The van der Waals surface area contributed by atoms with Crippen LogP contribution in [-0.4, -0.2) is 54.9 Å². The van der Waals surface area contributed by atoms with Crippen molar-refractivity contribution in [1.29, 1.82) is 0 Å². The minimum Gasteiger partial charge on any atom is -0.457 e. The topological polar surface area (TPSA) is 114 Å². The SMILES string of the molecule is CC(OCc1ccccc1)C(=O)OCC(=O)OC(C)C(=O)OCC(=O)OC(C)(C)C. The lowest BCUT2D eigenvalue weighted by molar-refractivity contribution is -0.178. The third-order valence-electron chi connectivity index (χ3n) is 3.40.